The second-order valence-electron chi connectivity index (χ2n) is 5.00. The number of thiophene rings is 1. The van der Waals surface area contributed by atoms with Crippen LogP contribution < -0.4 is 5.32 Å². The maximum atomic E-state index is 12.1. The maximum Gasteiger partial charge on any atom is 0.261 e. The third kappa shape index (κ3) is 2.75. The molecule has 0 bridgehead atoms. The van der Waals surface area contributed by atoms with Crippen LogP contribution in [0.2, 0.25) is 0 Å². The number of aromatic nitrogens is 2. The van der Waals surface area contributed by atoms with Gasteiger partial charge in [0, 0.05) is 18.5 Å². The molecule has 2 heterocycles. The summed E-state index contributed by atoms with van der Waals surface area (Å²) in [6.07, 6.45) is 0.563. The summed E-state index contributed by atoms with van der Waals surface area (Å²) in [6.45, 7) is 2.50. The number of rotatable bonds is 5. The van der Waals surface area contributed by atoms with Crippen LogP contribution in [-0.2, 0) is 0 Å². The van der Waals surface area contributed by atoms with E-state index in [4.69, 9.17) is 5.11 Å². The van der Waals surface area contributed by atoms with E-state index in [2.05, 4.69) is 10.4 Å². The van der Waals surface area contributed by atoms with Crippen LogP contribution in [0.4, 0.5) is 0 Å². The number of benzene rings is 1. The lowest BCUT2D eigenvalue weighted by atomic mass is 10.3. The zero-order chi connectivity index (χ0) is 15.5. The van der Waals surface area contributed by atoms with Gasteiger partial charge in [0.25, 0.3) is 5.91 Å². The Morgan fingerprint density at radius 3 is 2.86 bits per heavy atom. The van der Waals surface area contributed by atoms with Crippen molar-refractivity contribution in [1.29, 1.82) is 0 Å². The van der Waals surface area contributed by atoms with E-state index in [1.165, 1.54) is 11.3 Å². The quantitative estimate of drug-likeness (QED) is 0.711. The predicted octanol–water partition coefficient (Wildman–Crippen LogP) is 2.51. The van der Waals surface area contributed by atoms with E-state index in [0.29, 0.717) is 17.8 Å². The van der Waals surface area contributed by atoms with E-state index in [1.807, 2.05) is 48.0 Å². The molecule has 3 aromatic rings. The number of fused-ring (bicyclic) bond motifs is 1. The first kappa shape index (κ1) is 14.7. The molecule has 5 nitrogen and oxygen atoms in total. The fourth-order valence-electron chi connectivity index (χ4n) is 2.27. The van der Waals surface area contributed by atoms with Crippen molar-refractivity contribution in [3.8, 4) is 5.69 Å². The van der Waals surface area contributed by atoms with Crippen LogP contribution >= 0.6 is 11.3 Å². The Morgan fingerprint density at radius 1 is 1.36 bits per heavy atom. The number of hydrogen-bond donors (Lipinski definition) is 2. The highest BCUT2D eigenvalue weighted by molar-refractivity contribution is 7.20. The van der Waals surface area contributed by atoms with Gasteiger partial charge in [-0.15, -0.1) is 11.3 Å². The smallest absolute Gasteiger partial charge is 0.261 e. The number of aryl methyl sites for hydroxylation is 1. The standard InChI is InChI=1S/C16H17N3O2S/c1-11-13-10-14(15(21)17-8-5-9-20)22-16(13)19(18-11)12-6-3-2-4-7-12/h2-4,6-7,10,20H,5,8-9H2,1H3,(H,17,21). The Balaban J connectivity index is 1.95. The Morgan fingerprint density at radius 2 is 2.14 bits per heavy atom. The normalized spacial score (nSPS) is 11.0. The monoisotopic (exact) mass is 315 g/mol. The molecule has 6 heteroatoms. The minimum atomic E-state index is -0.103. The average molecular weight is 315 g/mol. The van der Waals surface area contributed by atoms with Gasteiger partial charge in [-0.2, -0.15) is 5.10 Å². The van der Waals surface area contributed by atoms with Crippen LogP contribution in [0.25, 0.3) is 15.9 Å². The molecule has 1 aromatic carbocycles. The van der Waals surface area contributed by atoms with E-state index in [0.717, 1.165) is 21.6 Å². The average Bonchev–Trinajstić information content (AvgIpc) is 3.09. The van der Waals surface area contributed by atoms with E-state index < -0.39 is 0 Å². The molecule has 2 aromatic heterocycles. The van der Waals surface area contributed by atoms with Gasteiger partial charge in [-0.05, 0) is 31.5 Å². The Hall–Kier alpha value is -2.18. The number of carbonyl (C=O) groups is 1. The van der Waals surface area contributed by atoms with Crippen LogP contribution in [0.15, 0.2) is 36.4 Å². The Bertz CT molecular complexity index is 792. The second-order valence-corrected chi connectivity index (χ2v) is 6.03. The lowest BCUT2D eigenvalue weighted by Crippen LogP contribution is -2.24. The van der Waals surface area contributed by atoms with Crippen molar-refractivity contribution >= 4 is 27.5 Å². The molecule has 0 saturated carbocycles. The molecule has 114 valence electrons. The summed E-state index contributed by atoms with van der Waals surface area (Å²) in [5.74, 6) is -0.103. The highest BCUT2D eigenvalue weighted by Crippen LogP contribution is 2.30. The van der Waals surface area contributed by atoms with Crippen molar-refractivity contribution in [2.24, 2.45) is 0 Å². The number of amides is 1. The third-order valence-electron chi connectivity index (χ3n) is 3.39. The molecule has 1 amide bonds. The van der Waals surface area contributed by atoms with Crippen molar-refractivity contribution in [3.63, 3.8) is 0 Å². The minimum absolute atomic E-state index is 0.0781. The van der Waals surface area contributed by atoms with Gasteiger partial charge >= 0.3 is 0 Å². The Kier molecular flexibility index (Phi) is 4.22. The van der Waals surface area contributed by atoms with Gasteiger partial charge in [0.2, 0.25) is 0 Å². The highest BCUT2D eigenvalue weighted by Gasteiger charge is 2.16. The van der Waals surface area contributed by atoms with Crippen LogP contribution in [0, 0.1) is 6.92 Å². The molecule has 0 aliphatic carbocycles. The highest BCUT2D eigenvalue weighted by atomic mass is 32.1. The molecule has 3 rings (SSSR count). The summed E-state index contributed by atoms with van der Waals surface area (Å²) in [5, 5.41) is 17.1. The number of nitrogens with zero attached hydrogens (tertiary/aromatic N) is 2. The summed E-state index contributed by atoms with van der Waals surface area (Å²) in [4.78, 5) is 13.8. The number of para-hydroxylation sites is 1. The molecular formula is C16H17N3O2S. The zero-order valence-electron chi connectivity index (χ0n) is 12.2. The molecule has 22 heavy (non-hydrogen) atoms. The number of carbonyl (C=O) groups excluding carboxylic acids is 1. The van der Waals surface area contributed by atoms with Gasteiger partial charge in [0.05, 0.1) is 16.3 Å². The summed E-state index contributed by atoms with van der Waals surface area (Å²) in [5.41, 5.74) is 1.89. The summed E-state index contributed by atoms with van der Waals surface area (Å²) in [6, 6.07) is 11.8. The Labute approximate surface area is 132 Å². The summed E-state index contributed by atoms with van der Waals surface area (Å²) in [7, 11) is 0. The van der Waals surface area contributed by atoms with Crippen LogP contribution in [0.3, 0.4) is 0 Å². The molecule has 0 radical (unpaired) electrons. The first-order valence-corrected chi connectivity index (χ1v) is 7.96. The SMILES string of the molecule is Cc1nn(-c2ccccc2)c2sc(C(=O)NCCCO)cc12. The van der Waals surface area contributed by atoms with Crippen LogP contribution in [-0.4, -0.2) is 33.9 Å². The molecule has 2 N–H and O–H groups in total. The first-order chi connectivity index (χ1) is 10.7. The van der Waals surface area contributed by atoms with E-state index >= 15 is 0 Å². The molecule has 0 aliphatic rings. The lowest BCUT2D eigenvalue weighted by Gasteiger charge is -2.02. The number of nitrogens with one attached hydrogen (secondary N) is 1. The largest absolute Gasteiger partial charge is 0.396 e. The number of aliphatic hydroxyl groups excluding tert-OH is 1. The minimum Gasteiger partial charge on any atom is -0.396 e. The van der Waals surface area contributed by atoms with Crippen molar-refractivity contribution in [1.82, 2.24) is 15.1 Å². The third-order valence-corrected chi connectivity index (χ3v) is 4.50. The molecule has 0 unspecified atom stereocenters. The fraction of sp³-hybridized carbons (Fsp3) is 0.250. The molecule has 0 atom stereocenters. The van der Waals surface area contributed by atoms with Crippen LogP contribution in [0.5, 0.6) is 0 Å². The van der Waals surface area contributed by atoms with Gasteiger partial charge in [-0.3, -0.25) is 4.79 Å². The summed E-state index contributed by atoms with van der Waals surface area (Å²) < 4.78 is 1.87. The van der Waals surface area contributed by atoms with Crippen molar-refractivity contribution in [2.45, 2.75) is 13.3 Å². The van der Waals surface area contributed by atoms with Gasteiger partial charge in [0.1, 0.15) is 4.83 Å². The lowest BCUT2D eigenvalue weighted by molar-refractivity contribution is 0.0955. The molecular weight excluding hydrogens is 298 g/mol. The predicted molar refractivity (Wildman–Crippen MR) is 87.7 cm³/mol. The molecule has 0 spiro atoms. The fourth-order valence-corrected chi connectivity index (χ4v) is 3.37. The van der Waals surface area contributed by atoms with E-state index in [9.17, 15) is 4.79 Å². The van der Waals surface area contributed by atoms with Crippen molar-refractivity contribution < 1.29 is 9.90 Å². The maximum absolute atomic E-state index is 12.1. The first-order valence-electron chi connectivity index (χ1n) is 7.14. The van der Waals surface area contributed by atoms with Gasteiger partial charge in [-0.25, -0.2) is 4.68 Å². The number of hydrogen-bond acceptors (Lipinski definition) is 4. The van der Waals surface area contributed by atoms with Crippen molar-refractivity contribution in [2.75, 3.05) is 13.2 Å². The zero-order valence-corrected chi connectivity index (χ0v) is 13.1. The van der Waals surface area contributed by atoms with E-state index in [-0.39, 0.29) is 12.5 Å². The molecule has 0 fully saturated rings. The van der Waals surface area contributed by atoms with Crippen molar-refractivity contribution in [3.05, 3.63) is 47.0 Å². The molecule has 0 saturated heterocycles. The molecule has 0 aliphatic heterocycles. The summed E-state index contributed by atoms with van der Waals surface area (Å²) >= 11 is 1.43. The van der Waals surface area contributed by atoms with Crippen LogP contribution in [0.1, 0.15) is 21.8 Å². The van der Waals surface area contributed by atoms with Gasteiger partial charge in [0.15, 0.2) is 0 Å². The van der Waals surface area contributed by atoms with E-state index in [1.54, 1.807) is 0 Å². The van der Waals surface area contributed by atoms with Gasteiger partial charge < -0.3 is 10.4 Å². The van der Waals surface area contributed by atoms with Gasteiger partial charge in [-0.1, -0.05) is 18.2 Å². The number of aliphatic hydroxyl groups is 1. The second kappa shape index (κ2) is 6.29. The topological polar surface area (TPSA) is 67.2 Å².